The molecule has 3 aromatic rings. The van der Waals surface area contributed by atoms with Crippen molar-refractivity contribution in [2.75, 3.05) is 12.0 Å². The first-order valence-corrected chi connectivity index (χ1v) is 16.5. The first-order chi connectivity index (χ1) is 24.5. The fourth-order valence-corrected chi connectivity index (χ4v) is 5.86. The molecular formula is C34H37ClF5N9O3. The van der Waals surface area contributed by atoms with Gasteiger partial charge in [0.25, 0.3) is 12.3 Å². The fourth-order valence-electron chi connectivity index (χ4n) is 5.70. The Bertz CT molecular complexity index is 1880. The Morgan fingerprint density at radius 1 is 1.17 bits per heavy atom. The van der Waals surface area contributed by atoms with Crippen molar-refractivity contribution in [1.29, 1.82) is 0 Å². The number of benzene rings is 2. The highest BCUT2D eigenvalue weighted by Gasteiger charge is 2.53. The van der Waals surface area contributed by atoms with Crippen LogP contribution in [0.1, 0.15) is 64.3 Å². The van der Waals surface area contributed by atoms with Gasteiger partial charge in [-0.1, -0.05) is 62.7 Å². The molecule has 1 aliphatic heterocycles. The molecule has 1 aromatic heterocycles. The van der Waals surface area contributed by atoms with Crippen LogP contribution in [-0.4, -0.2) is 69.9 Å². The van der Waals surface area contributed by atoms with E-state index in [1.165, 1.54) is 29.4 Å². The molecule has 12 nitrogen and oxygen atoms in total. The number of aliphatic imine (C=N–C) groups is 2. The van der Waals surface area contributed by atoms with Crippen LogP contribution in [0.15, 0.2) is 69.9 Å². The van der Waals surface area contributed by atoms with Crippen molar-refractivity contribution in [2.45, 2.75) is 77.3 Å². The molecule has 0 unspecified atom stereocenters. The molecule has 5 rings (SSSR count). The van der Waals surface area contributed by atoms with Crippen molar-refractivity contribution in [3.8, 4) is 11.1 Å². The van der Waals surface area contributed by atoms with Crippen LogP contribution in [0.3, 0.4) is 0 Å². The number of carbonyl (C=O) groups excluding carboxylic acids is 2. The number of carbonyl (C=O) groups is 2. The fraction of sp³-hybridized carbons (Fsp3) is 0.412. The Labute approximate surface area is 300 Å². The van der Waals surface area contributed by atoms with E-state index in [-0.39, 0.29) is 29.5 Å². The van der Waals surface area contributed by atoms with E-state index in [0.29, 0.717) is 26.9 Å². The number of ether oxygens (including phenoxy) is 1. The molecule has 1 saturated carbocycles. The first-order valence-electron chi connectivity index (χ1n) is 16.1. The van der Waals surface area contributed by atoms with E-state index < -0.39 is 66.5 Å². The van der Waals surface area contributed by atoms with Crippen LogP contribution in [0.4, 0.5) is 32.4 Å². The van der Waals surface area contributed by atoms with Gasteiger partial charge in [0.15, 0.2) is 11.5 Å². The van der Waals surface area contributed by atoms with E-state index in [1.54, 1.807) is 30.3 Å². The van der Waals surface area contributed by atoms with Crippen LogP contribution >= 0.6 is 11.6 Å². The van der Waals surface area contributed by atoms with Gasteiger partial charge in [-0.25, -0.2) is 32.6 Å². The number of hydrogen-bond acceptors (Lipinski definition) is 8. The van der Waals surface area contributed by atoms with Gasteiger partial charge in [0.1, 0.15) is 19.1 Å². The molecule has 2 heterocycles. The smallest absolute Gasteiger partial charge is 0.407 e. The first kappa shape index (κ1) is 38.2. The molecule has 2 amide bonds. The molecule has 278 valence electrons. The molecule has 4 N–H and O–H groups in total. The van der Waals surface area contributed by atoms with Gasteiger partial charge in [-0.3, -0.25) is 15.1 Å². The molecule has 18 heteroatoms. The number of hydrazone groups is 1. The zero-order valence-electron chi connectivity index (χ0n) is 28.5. The number of anilines is 1. The number of alkyl halides is 5. The predicted molar refractivity (Wildman–Crippen MR) is 186 cm³/mol. The third kappa shape index (κ3) is 8.69. The number of rotatable bonds is 13. The highest BCUT2D eigenvalue weighted by molar-refractivity contribution is 6.33. The van der Waals surface area contributed by atoms with E-state index in [9.17, 15) is 31.5 Å². The van der Waals surface area contributed by atoms with Crippen molar-refractivity contribution >= 4 is 47.3 Å². The molecule has 2 aromatic carbocycles. The summed E-state index contributed by atoms with van der Waals surface area (Å²) in [5.41, 5.74) is 8.73. The number of amides is 2. The quantitative estimate of drug-likeness (QED) is 0.0738. The second kappa shape index (κ2) is 15.3. The highest BCUT2D eigenvalue weighted by Crippen LogP contribution is 2.45. The zero-order chi connectivity index (χ0) is 38.0. The van der Waals surface area contributed by atoms with Gasteiger partial charge < -0.3 is 15.8 Å². The second-order valence-electron chi connectivity index (χ2n) is 13.6. The van der Waals surface area contributed by atoms with Crippen molar-refractivity contribution < 1.29 is 36.3 Å². The third-order valence-electron chi connectivity index (χ3n) is 8.30. The molecular weight excluding hydrogens is 713 g/mol. The average Bonchev–Trinajstić information content (AvgIpc) is 3.44. The van der Waals surface area contributed by atoms with Gasteiger partial charge >= 0.3 is 12.6 Å². The maximum atomic E-state index is 14.8. The summed E-state index contributed by atoms with van der Waals surface area (Å²) in [4.78, 5) is 37.0. The van der Waals surface area contributed by atoms with Crippen LogP contribution in [0.25, 0.3) is 11.1 Å². The van der Waals surface area contributed by atoms with Crippen LogP contribution in [0.2, 0.25) is 5.02 Å². The topological polar surface area (TPSA) is 152 Å². The Kier molecular flexibility index (Phi) is 11.2. The summed E-state index contributed by atoms with van der Waals surface area (Å²) in [6.07, 6.45) is -1.12. The minimum atomic E-state index is -2.81. The number of hydrogen-bond donors (Lipinski definition) is 3. The lowest BCUT2D eigenvalue weighted by atomic mass is 9.75. The molecule has 0 spiro atoms. The summed E-state index contributed by atoms with van der Waals surface area (Å²) in [5.74, 6) is -0.728. The summed E-state index contributed by atoms with van der Waals surface area (Å²) in [6, 6.07) is 9.45. The van der Waals surface area contributed by atoms with Crippen molar-refractivity contribution in [3.63, 3.8) is 0 Å². The molecule has 0 radical (unpaired) electrons. The SMILES string of the molecule is CC(=N/C=N\Nc1cc([C@@H](COC(=O)N[C@H]2C[C@@H]2F)N2C(=O)[C@@](CC(C)(C)C)(c3ccc(-c4cnn(C(F)F)c4)cc3)N=C2N)ccc1Cl)C(F)F. The average molecular weight is 750 g/mol. The lowest BCUT2D eigenvalue weighted by molar-refractivity contribution is -0.135. The summed E-state index contributed by atoms with van der Waals surface area (Å²) in [5, 5.41) is 10.1. The van der Waals surface area contributed by atoms with E-state index >= 15 is 0 Å². The number of nitrogens with one attached hydrogen (secondary N) is 2. The van der Waals surface area contributed by atoms with E-state index in [1.807, 2.05) is 20.8 Å². The van der Waals surface area contributed by atoms with Crippen LogP contribution in [-0.2, 0) is 15.1 Å². The Balaban J connectivity index is 1.50. The van der Waals surface area contributed by atoms with Gasteiger partial charge in [0.05, 0.1) is 34.7 Å². The lowest BCUT2D eigenvalue weighted by Crippen LogP contribution is -2.47. The summed E-state index contributed by atoms with van der Waals surface area (Å²) < 4.78 is 71.5. The van der Waals surface area contributed by atoms with Crippen molar-refractivity contribution in [3.05, 3.63) is 71.0 Å². The number of aromatic nitrogens is 2. The normalized spacial score (nSPS) is 21.2. The number of nitrogens with two attached hydrogens (primary N) is 1. The summed E-state index contributed by atoms with van der Waals surface area (Å²) >= 11 is 6.39. The van der Waals surface area contributed by atoms with Gasteiger partial charge in [-0.2, -0.15) is 19.0 Å². The number of alkyl carbamates (subject to hydrolysis) is 1. The van der Waals surface area contributed by atoms with Gasteiger partial charge in [0.2, 0.25) is 0 Å². The summed E-state index contributed by atoms with van der Waals surface area (Å²) in [6.45, 7) is 3.66. The van der Waals surface area contributed by atoms with Gasteiger partial charge in [0, 0.05) is 18.2 Å². The van der Waals surface area contributed by atoms with Crippen LogP contribution in [0, 0.1) is 5.41 Å². The Morgan fingerprint density at radius 2 is 1.87 bits per heavy atom. The van der Waals surface area contributed by atoms with E-state index in [2.05, 4.69) is 25.9 Å². The molecule has 0 bridgehead atoms. The lowest BCUT2D eigenvalue weighted by Gasteiger charge is -2.35. The second-order valence-corrected chi connectivity index (χ2v) is 14.0. The number of nitrogens with zero attached hydrogens (tertiary/aromatic N) is 6. The highest BCUT2D eigenvalue weighted by atomic mass is 35.5. The van der Waals surface area contributed by atoms with Crippen LogP contribution in [0.5, 0.6) is 0 Å². The monoisotopic (exact) mass is 749 g/mol. The standard InChI is InChI=1S/C34H37ClF5N9O3/c1-18(28(37)38)42-17-43-47-25-11-20(7-10-23(25)35)27(15-52-32(51)45-26-12-24(26)36)49-29(50)34(46-31(49)41,16-33(2,3)4)22-8-5-19(6-9-22)21-13-44-48(14-21)30(39)40/h5-11,13-14,17,24,26-28,30,47H,12,15-16H2,1-4H3,(H2,41,46)(H,45,51)/b42-18?,43-17-/t24-,26-,27+,34+/m0/s1. The molecule has 2 aliphatic rings. The van der Waals surface area contributed by atoms with Crippen molar-refractivity contribution in [2.24, 2.45) is 26.2 Å². The maximum Gasteiger partial charge on any atom is 0.407 e. The molecule has 1 aliphatic carbocycles. The maximum absolute atomic E-state index is 14.8. The van der Waals surface area contributed by atoms with Crippen molar-refractivity contribution in [1.82, 2.24) is 20.0 Å². The molecule has 4 atom stereocenters. The number of guanidine groups is 1. The van der Waals surface area contributed by atoms with Crippen LogP contribution < -0.4 is 16.5 Å². The largest absolute Gasteiger partial charge is 0.447 e. The number of halogens is 6. The predicted octanol–water partition coefficient (Wildman–Crippen LogP) is 7.05. The summed E-state index contributed by atoms with van der Waals surface area (Å²) in [7, 11) is 0. The van der Waals surface area contributed by atoms with Gasteiger partial charge in [-0.05, 0) is 47.6 Å². The van der Waals surface area contributed by atoms with E-state index in [4.69, 9.17) is 27.1 Å². The third-order valence-corrected chi connectivity index (χ3v) is 8.63. The Hall–Kier alpha value is -5.06. The Morgan fingerprint density at radius 3 is 2.46 bits per heavy atom. The van der Waals surface area contributed by atoms with Gasteiger partial charge in [-0.15, -0.1) is 0 Å². The molecule has 1 fully saturated rings. The minimum Gasteiger partial charge on any atom is -0.447 e. The minimum absolute atomic E-state index is 0.152. The zero-order valence-corrected chi connectivity index (χ0v) is 29.3. The van der Waals surface area contributed by atoms with E-state index in [0.717, 1.165) is 13.3 Å². The molecule has 0 saturated heterocycles. The molecule has 52 heavy (non-hydrogen) atoms.